The molecule has 0 saturated carbocycles. The highest BCUT2D eigenvalue weighted by Crippen LogP contribution is 2.43. The summed E-state index contributed by atoms with van der Waals surface area (Å²) in [6.07, 6.45) is 0. The van der Waals surface area contributed by atoms with Gasteiger partial charge >= 0.3 is 0 Å². The Morgan fingerprint density at radius 3 is 0.927 bits per heavy atom. The summed E-state index contributed by atoms with van der Waals surface area (Å²) < 4.78 is 0. The molecule has 9 rings (SSSR count). The van der Waals surface area contributed by atoms with Gasteiger partial charge in [-0.1, -0.05) is 200 Å². The van der Waals surface area contributed by atoms with Gasteiger partial charge in [0.1, 0.15) is 0 Å². The van der Waals surface area contributed by atoms with E-state index in [1.807, 2.05) is 0 Å². The Labute approximate surface area is 324 Å². The lowest BCUT2D eigenvalue weighted by molar-refractivity contribution is 1.28. The molecular weight excluding hydrogens is 663 g/mol. The first-order valence-corrected chi connectivity index (χ1v) is 18.8. The van der Waals surface area contributed by atoms with E-state index in [-0.39, 0.29) is 0 Å². The summed E-state index contributed by atoms with van der Waals surface area (Å²) in [7, 11) is 0. The molecule has 1 nitrogen and oxygen atoms in total. The van der Waals surface area contributed by atoms with Crippen LogP contribution in [0.4, 0.5) is 17.1 Å². The summed E-state index contributed by atoms with van der Waals surface area (Å²) >= 11 is 0. The Balaban J connectivity index is 1.16. The van der Waals surface area contributed by atoms with Crippen molar-refractivity contribution in [1.82, 2.24) is 0 Å². The smallest absolute Gasteiger partial charge is 0.0468 e. The van der Waals surface area contributed by atoms with Crippen molar-refractivity contribution in [3.63, 3.8) is 0 Å². The maximum Gasteiger partial charge on any atom is 0.0468 e. The van der Waals surface area contributed by atoms with E-state index in [0.29, 0.717) is 0 Å². The summed E-state index contributed by atoms with van der Waals surface area (Å²) in [4.78, 5) is 2.37. The highest BCUT2D eigenvalue weighted by molar-refractivity contribution is 5.93. The van der Waals surface area contributed by atoms with Gasteiger partial charge in [0.25, 0.3) is 0 Å². The first-order valence-electron chi connectivity index (χ1n) is 18.8. The molecule has 0 amide bonds. The highest BCUT2D eigenvalue weighted by atomic mass is 15.1. The predicted molar refractivity (Wildman–Crippen MR) is 234 cm³/mol. The Kier molecular flexibility index (Phi) is 9.41. The molecule has 9 aromatic carbocycles. The van der Waals surface area contributed by atoms with Crippen molar-refractivity contribution < 1.29 is 0 Å². The number of hydrogen-bond donors (Lipinski definition) is 0. The Bertz CT molecular complexity index is 2650. The zero-order valence-electron chi connectivity index (χ0n) is 30.5. The molecule has 0 aliphatic rings. The van der Waals surface area contributed by atoms with Gasteiger partial charge in [0.05, 0.1) is 0 Å². The molecule has 0 atom stereocenters. The van der Waals surface area contributed by atoms with E-state index in [2.05, 4.69) is 241 Å². The van der Waals surface area contributed by atoms with Crippen molar-refractivity contribution >= 4 is 17.1 Å². The third kappa shape index (κ3) is 7.00. The molecule has 0 spiro atoms. The Hall–Kier alpha value is -7.22. The standard InChI is InChI=1S/C54H39N/c1-5-17-40(18-6-1)41-29-33-46(34-30-41)55(48-37-38-51(43-21-9-3-10-22-43)54(39-48)44-23-11-4-12-24-44)47-35-31-45(32-36-47)50-26-14-16-28-53(50)52-27-15-13-25-49(52)42-19-7-2-8-20-42/h1-39H. The van der Waals surface area contributed by atoms with Gasteiger partial charge in [-0.2, -0.15) is 0 Å². The minimum absolute atomic E-state index is 1.09. The third-order valence-electron chi connectivity index (χ3n) is 10.3. The molecule has 0 bridgehead atoms. The maximum atomic E-state index is 2.37. The lowest BCUT2D eigenvalue weighted by atomic mass is 9.89. The van der Waals surface area contributed by atoms with Crippen LogP contribution in [-0.4, -0.2) is 0 Å². The molecule has 0 saturated heterocycles. The van der Waals surface area contributed by atoms with Crippen LogP contribution in [-0.2, 0) is 0 Å². The molecule has 0 unspecified atom stereocenters. The van der Waals surface area contributed by atoms with E-state index in [1.165, 1.54) is 66.8 Å². The van der Waals surface area contributed by atoms with Crippen LogP contribution in [0.2, 0.25) is 0 Å². The van der Waals surface area contributed by atoms with E-state index in [0.717, 1.165) is 17.1 Å². The van der Waals surface area contributed by atoms with E-state index < -0.39 is 0 Å². The van der Waals surface area contributed by atoms with E-state index in [9.17, 15) is 0 Å². The fraction of sp³-hybridized carbons (Fsp3) is 0. The molecule has 0 aliphatic heterocycles. The lowest BCUT2D eigenvalue weighted by Gasteiger charge is -2.27. The SMILES string of the molecule is c1ccc(-c2ccc(N(c3ccc(-c4ccccc4-c4ccccc4-c4ccccc4)cc3)c3ccc(-c4ccccc4)c(-c4ccccc4)c3)cc2)cc1. The minimum Gasteiger partial charge on any atom is -0.310 e. The summed E-state index contributed by atoms with van der Waals surface area (Å²) in [5.74, 6) is 0. The molecule has 55 heavy (non-hydrogen) atoms. The second-order valence-electron chi connectivity index (χ2n) is 13.7. The van der Waals surface area contributed by atoms with Crippen LogP contribution in [0.3, 0.4) is 0 Å². The molecule has 260 valence electrons. The number of anilines is 3. The number of rotatable bonds is 9. The number of hydrogen-bond acceptors (Lipinski definition) is 1. The summed E-state index contributed by atoms with van der Waals surface area (Å²) in [5, 5.41) is 0. The van der Waals surface area contributed by atoms with Gasteiger partial charge in [0, 0.05) is 17.1 Å². The van der Waals surface area contributed by atoms with Crippen molar-refractivity contribution in [2.75, 3.05) is 4.90 Å². The van der Waals surface area contributed by atoms with Crippen LogP contribution in [0.1, 0.15) is 0 Å². The fourth-order valence-corrected chi connectivity index (χ4v) is 7.63. The van der Waals surface area contributed by atoms with Gasteiger partial charge in [-0.25, -0.2) is 0 Å². The van der Waals surface area contributed by atoms with Crippen LogP contribution in [0, 0.1) is 0 Å². The number of benzene rings is 9. The molecule has 0 N–H and O–H groups in total. The first kappa shape index (κ1) is 33.6. The van der Waals surface area contributed by atoms with Crippen molar-refractivity contribution in [2.45, 2.75) is 0 Å². The molecule has 9 aromatic rings. The second kappa shape index (κ2) is 15.4. The fourth-order valence-electron chi connectivity index (χ4n) is 7.63. The topological polar surface area (TPSA) is 3.24 Å². The monoisotopic (exact) mass is 701 g/mol. The van der Waals surface area contributed by atoms with Gasteiger partial charge in [-0.3, -0.25) is 0 Å². The van der Waals surface area contributed by atoms with Crippen molar-refractivity contribution in [2.24, 2.45) is 0 Å². The van der Waals surface area contributed by atoms with Gasteiger partial charge in [-0.15, -0.1) is 0 Å². The average molecular weight is 702 g/mol. The van der Waals surface area contributed by atoms with Gasteiger partial charge in [0.2, 0.25) is 0 Å². The van der Waals surface area contributed by atoms with E-state index >= 15 is 0 Å². The van der Waals surface area contributed by atoms with Crippen molar-refractivity contribution in [3.8, 4) is 66.8 Å². The number of nitrogens with zero attached hydrogens (tertiary/aromatic N) is 1. The predicted octanol–water partition coefficient (Wildman–Crippen LogP) is 15.2. The van der Waals surface area contributed by atoms with Crippen LogP contribution < -0.4 is 4.90 Å². The second-order valence-corrected chi connectivity index (χ2v) is 13.7. The Morgan fingerprint density at radius 2 is 0.473 bits per heavy atom. The lowest BCUT2D eigenvalue weighted by Crippen LogP contribution is -2.10. The zero-order valence-corrected chi connectivity index (χ0v) is 30.5. The Morgan fingerprint density at radius 1 is 0.182 bits per heavy atom. The minimum atomic E-state index is 1.09. The maximum absolute atomic E-state index is 2.37. The largest absolute Gasteiger partial charge is 0.310 e. The molecule has 0 radical (unpaired) electrons. The highest BCUT2D eigenvalue weighted by Gasteiger charge is 2.18. The molecule has 0 heterocycles. The van der Waals surface area contributed by atoms with Crippen molar-refractivity contribution in [1.29, 1.82) is 0 Å². The molecule has 0 fully saturated rings. The van der Waals surface area contributed by atoms with Crippen molar-refractivity contribution in [3.05, 3.63) is 237 Å². The third-order valence-corrected chi connectivity index (χ3v) is 10.3. The average Bonchev–Trinajstić information content (AvgIpc) is 3.28. The van der Waals surface area contributed by atoms with Crippen LogP contribution in [0.5, 0.6) is 0 Å². The normalized spacial score (nSPS) is 10.9. The van der Waals surface area contributed by atoms with E-state index in [4.69, 9.17) is 0 Å². The van der Waals surface area contributed by atoms with E-state index in [1.54, 1.807) is 0 Å². The van der Waals surface area contributed by atoms with Gasteiger partial charge in [0.15, 0.2) is 0 Å². The van der Waals surface area contributed by atoms with Crippen LogP contribution >= 0.6 is 0 Å². The quantitative estimate of drug-likeness (QED) is 0.145. The van der Waals surface area contributed by atoms with Gasteiger partial charge in [-0.05, 0) is 103 Å². The molecule has 0 aromatic heterocycles. The molecule has 1 heteroatoms. The summed E-state index contributed by atoms with van der Waals surface area (Å²) in [5.41, 5.74) is 17.7. The zero-order chi connectivity index (χ0) is 36.8. The molecule has 0 aliphatic carbocycles. The first-order chi connectivity index (χ1) is 27.3. The van der Waals surface area contributed by atoms with Gasteiger partial charge < -0.3 is 4.90 Å². The summed E-state index contributed by atoms with van der Waals surface area (Å²) in [6.45, 7) is 0. The molecular formula is C54H39N. The summed E-state index contributed by atoms with van der Waals surface area (Å²) in [6, 6.07) is 84.9. The van der Waals surface area contributed by atoms with Crippen LogP contribution in [0.25, 0.3) is 66.8 Å². The van der Waals surface area contributed by atoms with Crippen LogP contribution in [0.15, 0.2) is 237 Å².